The second kappa shape index (κ2) is 5.19. The molecule has 1 unspecified atom stereocenters. The van der Waals surface area contributed by atoms with E-state index >= 15 is 0 Å². The fraction of sp³-hybridized carbons (Fsp3) is 0.267. The first-order chi connectivity index (χ1) is 8.56. The molecule has 18 heavy (non-hydrogen) atoms. The molecule has 0 fully saturated rings. The highest BCUT2D eigenvalue weighted by Crippen LogP contribution is 2.18. The van der Waals surface area contributed by atoms with Gasteiger partial charge in [0.1, 0.15) is 0 Å². The van der Waals surface area contributed by atoms with Gasteiger partial charge in [0.2, 0.25) is 0 Å². The van der Waals surface area contributed by atoms with Crippen molar-refractivity contribution < 1.29 is 0 Å². The maximum atomic E-state index is 11.0. The Bertz CT molecular complexity index is 581. The molecule has 2 N–H and O–H groups in total. The van der Waals surface area contributed by atoms with E-state index in [1.165, 1.54) is 11.1 Å². The second-order valence-corrected chi connectivity index (χ2v) is 4.70. The minimum atomic E-state index is -0.0626. The van der Waals surface area contributed by atoms with E-state index in [-0.39, 0.29) is 11.5 Å². The number of nitrogens with zero attached hydrogens (tertiary/aromatic N) is 1. The van der Waals surface area contributed by atoms with Crippen LogP contribution >= 0.6 is 0 Å². The van der Waals surface area contributed by atoms with E-state index in [1.54, 1.807) is 24.5 Å². The van der Waals surface area contributed by atoms with Crippen molar-refractivity contribution in [2.75, 3.05) is 0 Å². The summed E-state index contributed by atoms with van der Waals surface area (Å²) in [7, 11) is 0. The summed E-state index contributed by atoms with van der Waals surface area (Å²) in [5.41, 5.74) is 9.83. The van der Waals surface area contributed by atoms with Crippen LogP contribution in [0.3, 0.4) is 0 Å². The molecule has 3 nitrogen and oxygen atoms in total. The normalized spacial score (nSPS) is 12.4. The summed E-state index contributed by atoms with van der Waals surface area (Å²) in [6.07, 6.45) is 3.54. The molecule has 0 spiro atoms. The lowest BCUT2D eigenvalue weighted by atomic mass is 9.99. The van der Waals surface area contributed by atoms with E-state index in [9.17, 15) is 4.79 Å². The van der Waals surface area contributed by atoms with E-state index in [4.69, 9.17) is 5.73 Å². The summed E-state index contributed by atoms with van der Waals surface area (Å²) in [4.78, 5) is 11.0. The minimum absolute atomic E-state index is 0.0200. The monoisotopic (exact) mass is 242 g/mol. The third-order valence-electron chi connectivity index (χ3n) is 3.10. The van der Waals surface area contributed by atoms with Crippen molar-refractivity contribution in [3.63, 3.8) is 0 Å². The first-order valence-corrected chi connectivity index (χ1v) is 6.05. The summed E-state index contributed by atoms with van der Waals surface area (Å²) >= 11 is 0. The first kappa shape index (κ1) is 12.6. The number of pyridine rings is 1. The molecule has 0 saturated heterocycles. The van der Waals surface area contributed by atoms with Crippen molar-refractivity contribution in [1.82, 2.24) is 4.57 Å². The van der Waals surface area contributed by atoms with Gasteiger partial charge in [-0.1, -0.05) is 23.8 Å². The summed E-state index contributed by atoms with van der Waals surface area (Å²) in [5.74, 6) is 0. The maximum Gasteiger partial charge on any atom is 0.181 e. The van der Waals surface area contributed by atoms with Crippen LogP contribution in [0.4, 0.5) is 0 Å². The highest BCUT2D eigenvalue weighted by atomic mass is 16.1. The van der Waals surface area contributed by atoms with Crippen molar-refractivity contribution in [2.24, 2.45) is 5.73 Å². The lowest BCUT2D eigenvalue weighted by Gasteiger charge is -2.17. The van der Waals surface area contributed by atoms with Crippen LogP contribution in [-0.2, 0) is 6.54 Å². The number of hydrogen-bond acceptors (Lipinski definition) is 2. The van der Waals surface area contributed by atoms with E-state index in [0.29, 0.717) is 6.54 Å². The largest absolute Gasteiger partial charge is 0.352 e. The van der Waals surface area contributed by atoms with Gasteiger partial charge in [-0.25, -0.2) is 0 Å². The van der Waals surface area contributed by atoms with Gasteiger partial charge in [-0.3, -0.25) is 4.79 Å². The van der Waals surface area contributed by atoms with Crippen LogP contribution in [-0.4, -0.2) is 4.57 Å². The molecule has 1 aromatic heterocycles. The predicted molar refractivity (Wildman–Crippen MR) is 73.5 cm³/mol. The van der Waals surface area contributed by atoms with Gasteiger partial charge >= 0.3 is 0 Å². The Hall–Kier alpha value is -1.87. The zero-order chi connectivity index (χ0) is 13.1. The molecule has 2 aromatic rings. The lowest BCUT2D eigenvalue weighted by Crippen LogP contribution is -2.19. The Kier molecular flexibility index (Phi) is 3.63. The fourth-order valence-electron chi connectivity index (χ4n) is 2.05. The van der Waals surface area contributed by atoms with Crippen LogP contribution in [0, 0.1) is 13.8 Å². The molecule has 3 heteroatoms. The maximum absolute atomic E-state index is 11.0. The summed E-state index contributed by atoms with van der Waals surface area (Å²) in [5, 5.41) is 0. The van der Waals surface area contributed by atoms with Crippen LogP contribution < -0.4 is 11.2 Å². The molecule has 1 aromatic carbocycles. The highest BCUT2D eigenvalue weighted by Gasteiger charge is 2.09. The first-order valence-electron chi connectivity index (χ1n) is 6.05. The zero-order valence-corrected chi connectivity index (χ0v) is 10.8. The van der Waals surface area contributed by atoms with Gasteiger partial charge in [0.15, 0.2) is 5.43 Å². The van der Waals surface area contributed by atoms with E-state index < -0.39 is 0 Å². The smallest absolute Gasteiger partial charge is 0.181 e. The van der Waals surface area contributed by atoms with Crippen molar-refractivity contribution in [1.29, 1.82) is 0 Å². The summed E-state index contributed by atoms with van der Waals surface area (Å²) < 4.78 is 1.94. The fourth-order valence-corrected chi connectivity index (χ4v) is 2.05. The van der Waals surface area contributed by atoms with Crippen LogP contribution in [0.2, 0.25) is 0 Å². The van der Waals surface area contributed by atoms with E-state index in [2.05, 4.69) is 32.0 Å². The van der Waals surface area contributed by atoms with Crippen molar-refractivity contribution >= 4 is 0 Å². The molecular weight excluding hydrogens is 224 g/mol. The van der Waals surface area contributed by atoms with E-state index in [0.717, 1.165) is 5.56 Å². The average molecular weight is 242 g/mol. The molecule has 1 atom stereocenters. The van der Waals surface area contributed by atoms with Crippen LogP contribution in [0.1, 0.15) is 22.7 Å². The Morgan fingerprint density at radius 1 is 1.17 bits per heavy atom. The van der Waals surface area contributed by atoms with Crippen molar-refractivity contribution in [3.8, 4) is 0 Å². The molecule has 0 aliphatic heterocycles. The Labute approximate surface area is 107 Å². The third kappa shape index (κ3) is 2.87. The Morgan fingerprint density at radius 2 is 1.83 bits per heavy atom. The third-order valence-corrected chi connectivity index (χ3v) is 3.10. The molecule has 0 aliphatic rings. The van der Waals surface area contributed by atoms with Gasteiger partial charge in [0, 0.05) is 37.1 Å². The summed E-state index contributed by atoms with van der Waals surface area (Å²) in [6.45, 7) is 4.81. The highest BCUT2D eigenvalue weighted by molar-refractivity contribution is 5.32. The van der Waals surface area contributed by atoms with Gasteiger partial charge in [0.05, 0.1) is 0 Å². The van der Waals surface area contributed by atoms with Gasteiger partial charge in [-0.05, 0) is 25.0 Å². The molecule has 0 saturated carbocycles. The second-order valence-electron chi connectivity index (χ2n) is 4.70. The molecule has 1 heterocycles. The zero-order valence-electron chi connectivity index (χ0n) is 10.8. The van der Waals surface area contributed by atoms with Crippen molar-refractivity contribution in [3.05, 3.63) is 69.6 Å². The number of nitrogens with two attached hydrogens (primary N) is 1. The number of rotatable bonds is 3. The Morgan fingerprint density at radius 3 is 2.50 bits per heavy atom. The van der Waals surface area contributed by atoms with E-state index in [1.807, 2.05) is 4.57 Å². The van der Waals surface area contributed by atoms with Crippen molar-refractivity contribution in [2.45, 2.75) is 26.4 Å². The SMILES string of the molecule is Cc1ccc(C)c(C(N)Cn2ccc(=O)cc2)c1. The number of benzene rings is 1. The predicted octanol–water partition coefficient (Wildman–Crippen LogP) is 2.17. The van der Waals surface area contributed by atoms with Crippen LogP contribution in [0.25, 0.3) is 0 Å². The summed E-state index contributed by atoms with van der Waals surface area (Å²) in [6, 6.07) is 9.35. The number of aromatic nitrogens is 1. The molecule has 0 amide bonds. The topological polar surface area (TPSA) is 48.0 Å². The van der Waals surface area contributed by atoms with Gasteiger partial charge in [-0.2, -0.15) is 0 Å². The van der Waals surface area contributed by atoms with Gasteiger partial charge in [0.25, 0.3) is 0 Å². The molecule has 0 aliphatic carbocycles. The van der Waals surface area contributed by atoms with Gasteiger partial charge < -0.3 is 10.3 Å². The molecular formula is C15H18N2O. The molecule has 94 valence electrons. The average Bonchev–Trinajstić information content (AvgIpc) is 2.35. The molecule has 2 rings (SSSR count). The number of hydrogen-bond donors (Lipinski definition) is 1. The number of aryl methyl sites for hydroxylation is 2. The van der Waals surface area contributed by atoms with Crippen LogP contribution in [0.15, 0.2) is 47.5 Å². The lowest BCUT2D eigenvalue weighted by molar-refractivity contribution is 0.571. The molecule has 0 bridgehead atoms. The Balaban J connectivity index is 2.21. The van der Waals surface area contributed by atoms with Gasteiger partial charge in [-0.15, -0.1) is 0 Å². The standard InChI is InChI=1S/C15H18N2O/c1-11-3-4-12(2)14(9-11)15(16)10-17-7-5-13(18)6-8-17/h3-9,15H,10,16H2,1-2H3. The minimum Gasteiger partial charge on any atom is -0.352 e. The quantitative estimate of drug-likeness (QED) is 0.896. The molecule has 0 radical (unpaired) electrons. The van der Waals surface area contributed by atoms with Crippen LogP contribution in [0.5, 0.6) is 0 Å².